The Morgan fingerprint density at radius 1 is 1.09 bits per heavy atom. The topological polar surface area (TPSA) is 57.9 Å². The number of benzene rings is 2. The highest BCUT2D eigenvalue weighted by Crippen LogP contribution is 2.26. The third-order valence-electron chi connectivity index (χ3n) is 2.97. The zero-order chi connectivity index (χ0) is 16.3. The van der Waals surface area contributed by atoms with E-state index in [0.29, 0.717) is 15.6 Å². The largest absolute Gasteiger partial charge is 0.218 e. The van der Waals surface area contributed by atoms with Crippen molar-refractivity contribution < 1.29 is 8.42 Å². The summed E-state index contributed by atoms with van der Waals surface area (Å²) in [6, 6.07) is 12.7. The molecule has 0 aliphatic rings. The molecule has 0 bridgehead atoms. The summed E-state index contributed by atoms with van der Waals surface area (Å²) in [4.78, 5) is -0.277. The standard InChI is InChI=1S/C16H11Cl2NO2S/c1-11-2-5-13(6-3-11)22(20,21)14(10-19)8-12-4-7-15(17)16(18)9-12/h2-9H,1H3/b14-8+. The van der Waals surface area contributed by atoms with Crippen molar-refractivity contribution in [1.82, 2.24) is 0 Å². The second-order valence-corrected chi connectivity index (χ2v) is 7.34. The van der Waals surface area contributed by atoms with Gasteiger partial charge >= 0.3 is 0 Å². The van der Waals surface area contributed by atoms with Gasteiger partial charge in [-0.25, -0.2) is 8.42 Å². The second-order valence-electron chi connectivity index (χ2n) is 4.61. The predicted molar refractivity (Wildman–Crippen MR) is 88.4 cm³/mol. The van der Waals surface area contributed by atoms with Gasteiger partial charge in [-0.2, -0.15) is 5.26 Å². The number of hydrogen-bond donors (Lipinski definition) is 0. The van der Waals surface area contributed by atoms with Crippen LogP contribution in [0.2, 0.25) is 10.0 Å². The van der Waals surface area contributed by atoms with Gasteiger partial charge < -0.3 is 0 Å². The van der Waals surface area contributed by atoms with Gasteiger partial charge in [0.05, 0.1) is 14.9 Å². The molecule has 0 amide bonds. The molecule has 3 nitrogen and oxygen atoms in total. The summed E-state index contributed by atoms with van der Waals surface area (Å²) in [6.07, 6.45) is 1.28. The van der Waals surface area contributed by atoms with Gasteiger partial charge in [0.25, 0.3) is 0 Å². The van der Waals surface area contributed by atoms with Crippen molar-refractivity contribution in [2.24, 2.45) is 0 Å². The lowest BCUT2D eigenvalue weighted by molar-refractivity contribution is 0.603. The first-order valence-corrected chi connectivity index (χ1v) is 8.47. The summed E-state index contributed by atoms with van der Waals surface area (Å²) in [5.74, 6) is 0. The molecule has 2 aromatic carbocycles. The van der Waals surface area contributed by atoms with Gasteiger partial charge in [-0.05, 0) is 42.8 Å². The lowest BCUT2D eigenvalue weighted by atomic mass is 10.2. The van der Waals surface area contributed by atoms with Crippen molar-refractivity contribution in [3.8, 4) is 6.07 Å². The lowest BCUT2D eigenvalue weighted by Crippen LogP contribution is -2.03. The molecular weight excluding hydrogens is 341 g/mol. The fraction of sp³-hybridized carbons (Fsp3) is 0.0625. The second kappa shape index (κ2) is 6.53. The third-order valence-corrected chi connectivity index (χ3v) is 5.39. The smallest absolute Gasteiger partial charge is 0.216 e. The summed E-state index contributed by atoms with van der Waals surface area (Å²) in [5.41, 5.74) is 1.42. The van der Waals surface area contributed by atoms with Crippen LogP contribution in [0.1, 0.15) is 11.1 Å². The van der Waals surface area contributed by atoms with Crippen LogP contribution < -0.4 is 0 Å². The van der Waals surface area contributed by atoms with Crippen LogP contribution in [0, 0.1) is 18.3 Å². The van der Waals surface area contributed by atoms with E-state index in [1.54, 1.807) is 30.3 Å². The summed E-state index contributed by atoms with van der Waals surface area (Å²) in [5, 5.41) is 9.86. The minimum atomic E-state index is -3.87. The molecule has 2 aromatic rings. The molecule has 0 N–H and O–H groups in total. The average Bonchev–Trinajstić information content (AvgIpc) is 2.48. The third kappa shape index (κ3) is 3.50. The summed E-state index contributed by atoms with van der Waals surface area (Å²) < 4.78 is 25.0. The Morgan fingerprint density at radius 3 is 2.27 bits per heavy atom. The van der Waals surface area contributed by atoms with Crippen LogP contribution >= 0.6 is 23.2 Å². The van der Waals surface area contributed by atoms with Crippen molar-refractivity contribution in [1.29, 1.82) is 5.26 Å². The molecule has 0 aliphatic heterocycles. The summed E-state index contributed by atoms with van der Waals surface area (Å²) in [7, 11) is -3.87. The van der Waals surface area contributed by atoms with Gasteiger partial charge in [-0.1, -0.05) is 47.0 Å². The van der Waals surface area contributed by atoms with Crippen LogP contribution in [0.25, 0.3) is 6.08 Å². The van der Waals surface area contributed by atoms with E-state index in [2.05, 4.69) is 0 Å². The number of halogens is 2. The van der Waals surface area contributed by atoms with Crippen molar-refractivity contribution in [3.63, 3.8) is 0 Å². The number of hydrogen-bond acceptors (Lipinski definition) is 3. The van der Waals surface area contributed by atoms with E-state index in [1.807, 2.05) is 6.92 Å². The van der Waals surface area contributed by atoms with E-state index in [4.69, 9.17) is 23.2 Å². The first-order valence-electron chi connectivity index (χ1n) is 6.23. The van der Waals surface area contributed by atoms with Gasteiger partial charge in [-0.15, -0.1) is 0 Å². The molecule has 2 rings (SSSR count). The Hall–Kier alpha value is -1.80. The van der Waals surface area contributed by atoms with E-state index in [9.17, 15) is 13.7 Å². The molecule has 0 unspecified atom stereocenters. The molecule has 112 valence electrons. The van der Waals surface area contributed by atoms with Crippen LogP contribution in [0.15, 0.2) is 52.3 Å². The number of nitriles is 1. The number of allylic oxidation sites excluding steroid dienone is 1. The van der Waals surface area contributed by atoms with Crippen LogP contribution in [0.5, 0.6) is 0 Å². The van der Waals surface area contributed by atoms with Gasteiger partial charge in [0.2, 0.25) is 9.84 Å². The van der Waals surface area contributed by atoms with Crippen LogP contribution in [-0.4, -0.2) is 8.42 Å². The minimum Gasteiger partial charge on any atom is -0.218 e. The maximum absolute atomic E-state index is 12.5. The monoisotopic (exact) mass is 351 g/mol. The van der Waals surface area contributed by atoms with Gasteiger partial charge in [0.1, 0.15) is 11.0 Å². The van der Waals surface area contributed by atoms with Crippen molar-refractivity contribution in [2.75, 3.05) is 0 Å². The maximum Gasteiger partial charge on any atom is 0.216 e. The Morgan fingerprint density at radius 2 is 1.73 bits per heavy atom. The molecule has 0 radical (unpaired) electrons. The molecule has 0 spiro atoms. The van der Waals surface area contributed by atoms with E-state index >= 15 is 0 Å². The highest BCUT2D eigenvalue weighted by atomic mass is 35.5. The molecule has 0 saturated heterocycles. The molecule has 0 aromatic heterocycles. The molecule has 22 heavy (non-hydrogen) atoms. The van der Waals surface area contributed by atoms with Crippen LogP contribution in [0.4, 0.5) is 0 Å². The molecular formula is C16H11Cl2NO2S. The highest BCUT2D eigenvalue weighted by Gasteiger charge is 2.20. The molecule has 0 fully saturated rings. The van der Waals surface area contributed by atoms with Gasteiger partial charge in [-0.3, -0.25) is 0 Å². The quantitative estimate of drug-likeness (QED) is 0.756. The average molecular weight is 352 g/mol. The zero-order valence-electron chi connectivity index (χ0n) is 11.5. The normalized spacial score (nSPS) is 12.0. The first-order chi connectivity index (χ1) is 10.3. The summed E-state index contributed by atoms with van der Waals surface area (Å²) >= 11 is 11.7. The fourth-order valence-electron chi connectivity index (χ4n) is 1.77. The maximum atomic E-state index is 12.5. The summed E-state index contributed by atoms with van der Waals surface area (Å²) in [6.45, 7) is 1.85. The van der Waals surface area contributed by atoms with E-state index < -0.39 is 9.84 Å². The van der Waals surface area contributed by atoms with E-state index in [-0.39, 0.29) is 9.80 Å². The SMILES string of the molecule is Cc1ccc(S(=O)(=O)/C(C#N)=C/c2ccc(Cl)c(Cl)c2)cc1. The Labute approximate surface area is 139 Å². The molecule has 0 heterocycles. The molecule has 0 saturated carbocycles. The zero-order valence-corrected chi connectivity index (χ0v) is 13.9. The molecule has 0 aliphatic carbocycles. The van der Waals surface area contributed by atoms with Crippen molar-refractivity contribution >= 4 is 39.1 Å². The Balaban J connectivity index is 2.51. The Kier molecular flexibility index (Phi) is 4.92. The number of sulfone groups is 1. The molecule has 0 atom stereocenters. The van der Waals surface area contributed by atoms with Crippen LogP contribution in [0.3, 0.4) is 0 Å². The van der Waals surface area contributed by atoms with Crippen molar-refractivity contribution in [3.05, 3.63) is 68.5 Å². The van der Waals surface area contributed by atoms with Gasteiger partial charge in [0, 0.05) is 0 Å². The van der Waals surface area contributed by atoms with E-state index in [1.165, 1.54) is 24.3 Å². The van der Waals surface area contributed by atoms with Crippen molar-refractivity contribution in [2.45, 2.75) is 11.8 Å². The number of rotatable bonds is 3. The number of aryl methyl sites for hydroxylation is 1. The van der Waals surface area contributed by atoms with Crippen LogP contribution in [-0.2, 0) is 9.84 Å². The fourth-order valence-corrected chi connectivity index (χ4v) is 3.23. The molecule has 6 heteroatoms. The Bertz CT molecular complexity index is 879. The van der Waals surface area contributed by atoms with E-state index in [0.717, 1.165) is 5.56 Å². The minimum absolute atomic E-state index is 0.0750. The number of nitrogens with zero attached hydrogens (tertiary/aromatic N) is 1. The highest BCUT2D eigenvalue weighted by molar-refractivity contribution is 7.95. The first kappa shape index (κ1) is 16.6. The van der Waals surface area contributed by atoms with Gasteiger partial charge in [0.15, 0.2) is 0 Å². The predicted octanol–water partition coefficient (Wildman–Crippen LogP) is 4.64. The lowest BCUT2D eigenvalue weighted by Gasteiger charge is -2.04.